The van der Waals surface area contributed by atoms with E-state index in [2.05, 4.69) is 0 Å². The molecule has 6 heteroatoms. The van der Waals surface area contributed by atoms with Crippen LogP contribution in [0.5, 0.6) is 0 Å². The van der Waals surface area contributed by atoms with Crippen LogP contribution in [-0.2, 0) is 36.6 Å². The summed E-state index contributed by atoms with van der Waals surface area (Å²) in [7, 11) is -4.67. The Labute approximate surface area is 61.6 Å². The molecule has 0 saturated carbocycles. The zero-order chi connectivity index (χ0) is 4.50. The van der Waals surface area contributed by atoms with Crippen LogP contribution in [0.3, 0.4) is 0 Å². The van der Waals surface area contributed by atoms with Crippen LogP contribution >= 0.6 is 0 Å². The molecule has 0 heterocycles. The van der Waals surface area contributed by atoms with Gasteiger partial charge in [-0.05, 0) is 0 Å². The quantitative estimate of drug-likeness (QED) is 0.545. The minimum absolute atomic E-state index is 0. The summed E-state index contributed by atoms with van der Waals surface area (Å²) in [4.78, 5) is 0. The summed E-state index contributed by atoms with van der Waals surface area (Å²) >= 11 is 0. The van der Waals surface area contributed by atoms with Crippen LogP contribution in [0.1, 0.15) is 7.43 Å². The monoisotopic (exact) mass is 204 g/mol. The zero-order valence-corrected chi connectivity index (χ0v) is 5.89. The fourth-order valence-electron chi connectivity index (χ4n) is 0. The van der Waals surface area contributed by atoms with Crippen molar-refractivity contribution in [2.75, 3.05) is 0 Å². The Morgan fingerprint density at radius 2 is 1.14 bits per heavy atom. The van der Waals surface area contributed by atoms with Crippen LogP contribution in [-0.4, -0.2) is 17.5 Å². The fraction of sp³-hybridized carbons (Fsp3) is 1.00. The van der Waals surface area contributed by atoms with Gasteiger partial charge in [0.2, 0.25) is 0 Å². The first-order valence-corrected chi connectivity index (χ1v) is 2.10. The third kappa shape index (κ3) is 269. The molecule has 0 saturated heterocycles. The predicted molar refractivity (Wildman–Crippen MR) is 20.9 cm³/mol. The summed E-state index contributed by atoms with van der Waals surface area (Å²) in [6.45, 7) is 0. The van der Waals surface area contributed by atoms with E-state index in [0.717, 1.165) is 0 Å². The van der Waals surface area contributed by atoms with Crippen LogP contribution in [0.25, 0.3) is 0 Å². The summed E-state index contributed by atoms with van der Waals surface area (Å²) in [5, 5.41) is 0. The molecule has 0 fully saturated rings. The van der Waals surface area contributed by atoms with Crippen molar-refractivity contribution in [3.63, 3.8) is 0 Å². The van der Waals surface area contributed by atoms with Gasteiger partial charge in [0.05, 0.1) is 0 Å². The van der Waals surface area contributed by atoms with E-state index in [9.17, 15) is 0 Å². The van der Waals surface area contributed by atoms with E-state index in [-0.39, 0.29) is 33.6 Å². The van der Waals surface area contributed by atoms with Crippen LogP contribution in [0.2, 0.25) is 0 Å². The third-order valence-electron chi connectivity index (χ3n) is 0. The molecular weight excluding hydrogens is 199 g/mol. The van der Waals surface area contributed by atoms with E-state index in [1.807, 2.05) is 0 Å². The van der Waals surface area contributed by atoms with Crippen molar-refractivity contribution in [3.8, 4) is 0 Å². The summed E-state index contributed by atoms with van der Waals surface area (Å²) in [5.74, 6) is 0. The molecule has 0 aliphatic heterocycles. The molecular formula is CH6O4SZr. The molecule has 0 aliphatic rings. The van der Waals surface area contributed by atoms with Crippen molar-refractivity contribution in [1.29, 1.82) is 0 Å². The van der Waals surface area contributed by atoms with Crippen molar-refractivity contribution >= 4 is 10.4 Å². The summed E-state index contributed by atoms with van der Waals surface area (Å²) in [6.07, 6.45) is 0. The second-order valence-corrected chi connectivity index (χ2v) is 1.34. The van der Waals surface area contributed by atoms with E-state index in [1.54, 1.807) is 0 Å². The number of rotatable bonds is 0. The maximum Gasteiger partial charge on any atom is 0.394 e. The molecule has 44 valence electrons. The van der Waals surface area contributed by atoms with Crippen LogP contribution in [0.4, 0.5) is 0 Å². The Morgan fingerprint density at radius 3 is 1.14 bits per heavy atom. The third-order valence-corrected chi connectivity index (χ3v) is 0. The standard InChI is InChI=1S/CH4.H2O4S.Zr/c;1-5(2,3)4;/h1H4;(H2,1,2,3,4);. The van der Waals surface area contributed by atoms with E-state index >= 15 is 0 Å². The van der Waals surface area contributed by atoms with Gasteiger partial charge in [-0.25, -0.2) is 0 Å². The van der Waals surface area contributed by atoms with Crippen LogP contribution in [0, 0.1) is 0 Å². The normalized spacial score (nSPS) is 8.29. The molecule has 0 atom stereocenters. The summed E-state index contributed by atoms with van der Waals surface area (Å²) < 4.78 is 31.6. The predicted octanol–water partition coefficient (Wildman–Crippen LogP) is -0.0192. The molecule has 0 radical (unpaired) electrons. The summed E-state index contributed by atoms with van der Waals surface area (Å²) in [5.41, 5.74) is 0. The van der Waals surface area contributed by atoms with Gasteiger partial charge in [0, 0.05) is 26.2 Å². The van der Waals surface area contributed by atoms with Gasteiger partial charge in [-0.1, -0.05) is 7.43 Å². The number of hydrogen-bond acceptors (Lipinski definition) is 2. The van der Waals surface area contributed by atoms with Gasteiger partial charge in [-0.2, -0.15) is 8.42 Å². The average Bonchev–Trinajstić information content (AvgIpc) is 0.722. The first-order valence-electron chi connectivity index (χ1n) is 0.698. The van der Waals surface area contributed by atoms with E-state index in [4.69, 9.17) is 17.5 Å². The smallest absolute Gasteiger partial charge is 0.264 e. The van der Waals surface area contributed by atoms with Gasteiger partial charge in [0.15, 0.2) is 0 Å². The summed E-state index contributed by atoms with van der Waals surface area (Å²) in [6, 6.07) is 0. The van der Waals surface area contributed by atoms with Crippen molar-refractivity contribution < 1.29 is 43.7 Å². The first-order chi connectivity index (χ1) is 2.00. The van der Waals surface area contributed by atoms with Crippen molar-refractivity contribution in [2.45, 2.75) is 7.43 Å². The van der Waals surface area contributed by atoms with Gasteiger partial charge in [-0.3, -0.25) is 9.11 Å². The molecule has 0 aromatic heterocycles. The minimum atomic E-state index is -4.67. The van der Waals surface area contributed by atoms with Crippen molar-refractivity contribution in [3.05, 3.63) is 0 Å². The van der Waals surface area contributed by atoms with Crippen molar-refractivity contribution in [2.24, 2.45) is 0 Å². The Bertz CT molecular complexity index is 94.9. The molecule has 0 amide bonds. The Hall–Kier alpha value is 0.753. The SMILES string of the molecule is C.O=S(=O)(O)O.[Zr]. The molecule has 0 spiro atoms. The molecule has 0 bridgehead atoms. The van der Waals surface area contributed by atoms with Crippen LogP contribution in [0.15, 0.2) is 0 Å². The molecule has 7 heavy (non-hydrogen) atoms. The van der Waals surface area contributed by atoms with E-state index in [0.29, 0.717) is 0 Å². The molecule has 0 rings (SSSR count). The van der Waals surface area contributed by atoms with Crippen molar-refractivity contribution in [1.82, 2.24) is 0 Å². The average molecular weight is 205 g/mol. The maximum absolute atomic E-state index is 8.74. The fourth-order valence-corrected chi connectivity index (χ4v) is 0. The first kappa shape index (κ1) is 15.7. The van der Waals surface area contributed by atoms with Gasteiger partial charge in [0.25, 0.3) is 0 Å². The largest absolute Gasteiger partial charge is 0.394 e. The van der Waals surface area contributed by atoms with Gasteiger partial charge >= 0.3 is 10.4 Å². The van der Waals surface area contributed by atoms with Gasteiger partial charge in [0.1, 0.15) is 0 Å². The second-order valence-electron chi connectivity index (χ2n) is 0.448. The Morgan fingerprint density at radius 1 is 1.14 bits per heavy atom. The minimum Gasteiger partial charge on any atom is -0.264 e. The molecule has 0 unspecified atom stereocenters. The van der Waals surface area contributed by atoms with E-state index < -0.39 is 10.4 Å². The number of hydrogen-bond donors (Lipinski definition) is 2. The van der Waals surface area contributed by atoms with Crippen LogP contribution < -0.4 is 0 Å². The van der Waals surface area contributed by atoms with Gasteiger partial charge < -0.3 is 0 Å². The molecule has 0 aromatic rings. The Balaban J connectivity index is -0.0000000800. The topological polar surface area (TPSA) is 74.6 Å². The molecule has 0 aliphatic carbocycles. The second kappa shape index (κ2) is 4.90. The van der Waals surface area contributed by atoms with E-state index in [1.165, 1.54) is 0 Å². The maximum atomic E-state index is 8.74. The molecule has 2 N–H and O–H groups in total. The van der Waals surface area contributed by atoms with Gasteiger partial charge in [-0.15, -0.1) is 0 Å². The molecule has 0 aromatic carbocycles. The zero-order valence-electron chi connectivity index (χ0n) is 2.62. The molecule has 4 nitrogen and oxygen atoms in total. The Kier molecular flexibility index (Phi) is 11.0.